The molecule has 0 fully saturated rings. The SMILES string of the molecule is CC(C)(C)OCCn1ccc(-c2ccc(CC(=O)O)cc2)n1. The zero-order valence-electron chi connectivity index (χ0n) is 13.2. The van der Waals surface area contributed by atoms with Gasteiger partial charge in [0.2, 0.25) is 0 Å². The van der Waals surface area contributed by atoms with Crippen molar-refractivity contribution >= 4 is 5.97 Å². The summed E-state index contributed by atoms with van der Waals surface area (Å²) in [5.41, 5.74) is 2.49. The highest BCUT2D eigenvalue weighted by Crippen LogP contribution is 2.18. The van der Waals surface area contributed by atoms with Gasteiger partial charge in [-0.1, -0.05) is 24.3 Å². The van der Waals surface area contributed by atoms with Crippen molar-refractivity contribution in [3.05, 3.63) is 42.1 Å². The minimum atomic E-state index is -0.823. The number of aliphatic carboxylic acids is 1. The van der Waals surface area contributed by atoms with E-state index in [1.54, 1.807) is 0 Å². The highest BCUT2D eigenvalue weighted by molar-refractivity contribution is 5.70. The van der Waals surface area contributed by atoms with Gasteiger partial charge in [-0.05, 0) is 32.4 Å². The molecule has 1 aromatic heterocycles. The average molecular weight is 302 g/mol. The number of carbonyl (C=O) groups is 1. The number of nitrogens with zero attached hydrogens (tertiary/aromatic N) is 2. The molecule has 0 unspecified atom stereocenters. The van der Waals surface area contributed by atoms with Crippen LogP contribution in [0.4, 0.5) is 0 Å². The van der Waals surface area contributed by atoms with Crippen molar-refractivity contribution in [1.29, 1.82) is 0 Å². The highest BCUT2D eigenvalue weighted by atomic mass is 16.5. The molecule has 0 spiro atoms. The van der Waals surface area contributed by atoms with Gasteiger partial charge in [0.05, 0.1) is 30.9 Å². The third kappa shape index (κ3) is 5.00. The molecule has 1 heterocycles. The first kappa shape index (κ1) is 16.2. The molecule has 1 aromatic carbocycles. The molecule has 0 bridgehead atoms. The van der Waals surface area contributed by atoms with E-state index in [9.17, 15) is 4.79 Å². The van der Waals surface area contributed by atoms with Crippen molar-refractivity contribution < 1.29 is 14.6 Å². The Morgan fingerprint density at radius 1 is 1.23 bits per heavy atom. The highest BCUT2D eigenvalue weighted by Gasteiger charge is 2.10. The zero-order valence-corrected chi connectivity index (χ0v) is 13.2. The normalized spacial score (nSPS) is 11.6. The molecule has 2 aromatic rings. The lowest BCUT2D eigenvalue weighted by Gasteiger charge is -2.19. The van der Waals surface area contributed by atoms with Gasteiger partial charge in [-0.3, -0.25) is 9.48 Å². The van der Waals surface area contributed by atoms with E-state index in [0.29, 0.717) is 13.2 Å². The van der Waals surface area contributed by atoms with E-state index >= 15 is 0 Å². The quantitative estimate of drug-likeness (QED) is 0.891. The molecule has 1 N–H and O–H groups in total. The fraction of sp³-hybridized carbons (Fsp3) is 0.412. The summed E-state index contributed by atoms with van der Waals surface area (Å²) in [7, 11) is 0. The first-order valence-electron chi connectivity index (χ1n) is 7.32. The molecule has 2 rings (SSSR count). The van der Waals surface area contributed by atoms with Crippen LogP contribution < -0.4 is 0 Å². The van der Waals surface area contributed by atoms with E-state index < -0.39 is 5.97 Å². The monoisotopic (exact) mass is 302 g/mol. The zero-order chi connectivity index (χ0) is 16.2. The Kier molecular flexibility index (Phi) is 4.98. The van der Waals surface area contributed by atoms with Gasteiger partial charge in [0.1, 0.15) is 0 Å². The number of benzene rings is 1. The van der Waals surface area contributed by atoms with Gasteiger partial charge in [0.15, 0.2) is 0 Å². The molecule has 5 nitrogen and oxygen atoms in total. The predicted octanol–water partition coefficient (Wildman–Crippen LogP) is 2.99. The number of hydrogen-bond acceptors (Lipinski definition) is 3. The molecular formula is C17H22N2O3. The van der Waals surface area contributed by atoms with Gasteiger partial charge in [0.25, 0.3) is 0 Å². The lowest BCUT2D eigenvalue weighted by atomic mass is 10.1. The van der Waals surface area contributed by atoms with Gasteiger partial charge in [-0.25, -0.2) is 0 Å². The van der Waals surface area contributed by atoms with E-state index in [1.165, 1.54) is 0 Å². The van der Waals surface area contributed by atoms with Crippen LogP contribution in [0.25, 0.3) is 11.3 Å². The molecule has 0 radical (unpaired) electrons. The first-order chi connectivity index (χ1) is 10.3. The van der Waals surface area contributed by atoms with Crippen molar-refractivity contribution in [1.82, 2.24) is 9.78 Å². The topological polar surface area (TPSA) is 64.3 Å². The standard InChI is InChI=1S/C17H22N2O3/c1-17(2,3)22-11-10-19-9-8-15(18-19)14-6-4-13(5-7-14)12-16(20)21/h4-9H,10-12H2,1-3H3,(H,20,21). The molecule has 0 atom stereocenters. The molecule has 5 heteroatoms. The molecular weight excluding hydrogens is 280 g/mol. The molecule has 22 heavy (non-hydrogen) atoms. The predicted molar refractivity (Wildman–Crippen MR) is 84.7 cm³/mol. The van der Waals surface area contributed by atoms with Gasteiger partial charge in [0, 0.05) is 11.8 Å². The molecule has 118 valence electrons. The van der Waals surface area contributed by atoms with Gasteiger partial charge >= 0.3 is 5.97 Å². The van der Waals surface area contributed by atoms with Crippen LogP contribution >= 0.6 is 0 Å². The Hall–Kier alpha value is -2.14. The molecule has 0 amide bonds. The molecule has 0 aliphatic rings. The summed E-state index contributed by atoms with van der Waals surface area (Å²) in [6.07, 6.45) is 1.96. The lowest BCUT2D eigenvalue weighted by Crippen LogP contribution is -2.22. The number of rotatable bonds is 6. The number of aromatic nitrogens is 2. The fourth-order valence-electron chi connectivity index (χ4n) is 2.05. The molecule has 0 aliphatic carbocycles. The van der Waals surface area contributed by atoms with E-state index in [-0.39, 0.29) is 12.0 Å². The third-order valence-corrected chi connectivity index (χ3v) is 3.10. The summed E-state index contributed by atoms with van der Waals surface area (Å²) in [5, 5.41) is 13.3. The summed E-state index contributed by atoms with van der Waals surface area (Å²) in [4.78, 5) is 10.7. The van der Waals surface area contributed by atoms with Gasteiger partial charge < -0.3 is 9.84 Å². The summed E-state index contributed by atoms with van der Waals surface area (Å²) < 4.78 is 7.54. The van der Waals surface area contributed by atoms with E-state index in [4.69, 9.17) is 9.84 Å². The minimum Gasteiger partial charge on any atom is -0.481 e. The summed E-state index contributed by atoms with van der Waals surface area (Å²) in [5.74, 6) is -0.823. The molecule has 0 aliphatic heterocycles. The second kappa shape index (κ2) is 6.75. The maximum Gasteiger partial charge on any atom is 0.307 e. The smallest absolute Gasteiger partial charge is 0.307 e. The van der Waals surface area contributed by atoms with Crippen LogP contribution in [0.5, 0.6) is 0 Å². The van der Waals surface area contributed by atoms with Crippen LogP contribution in [-0.4, -0.2) is 33.1 Å². The number of carboxylic acids is 1. The van der Waals surface area contributed by atoms with Crippen LogP contribution in [0.1, 0.15) is 26.3 Å². The number of hydrogen-bond donors (Lipinski definition) is 1. The van der Waals surface area contributed by atoms with E-state index in [2.05, 4.69) is 5.10 Å². The van der Waals surface area contributed by atoms with Crippen molar-refractivity contribution in [2.24, 2.45) is 0 Å². The van der Waals surface area contributed by atoms with Gasteiger partial charge in [-0.15, -0.1) is 0 Å². The van der Waals surface area contributed by atoms with Crippen LogP contribution in [0.2, 0.25) is 0 Å². The second-order valence-corrected chi connectivity index (χ2v) is 6.19. The van der Waals surface area contributed by atoms with Crippen LogP contribution in [-0.2, 0) is 22.5 Å². The minimum absolute atomic E-state index is 0.0405. The number of carboxylic acid groups (broad SMARTS) is 1. The van der Waals surface area contributed by atoms with Crippen molar-refractivity contribution in [2.45, 2.75) is 39.3 Å². The van der Waals surface area contributed by atoms with Crippen molar-refractivity contribution in [2.75, 3.05) is 6.61 Å². The van der Waals surface area contributed by atoms with Crippen molar-refractivity contribution in [3.63, 3.8) is 0 Å². The molecule has 0 saturated carbocycles. The Balaban J connectivity index is 1.97. The summed E-state index contributed by atoms with van der Waals surface area (Å²) >= 11 is 0. The largest absolute Gasteiger partial charge is 0.481 e. The Bertz CT molecular complexity index is 624. The number of ether oxygens (including phenoxy) is 1. The lowest BCUT2D eigenvalue weighted by molar-refractivity contribution is -0.136. The van der Waals surface area contributed by atoms with Crippen molar-refractivity contribution in [3.8, 4) is 11.3 Å². The second-order valence-electron chi connectivity index (χ2n) is 6.19. The van der Waals surface area contributed by atoms with E-state index in [0.717, 1.165) is 16.8 Å². The Labute approximate surface area is 130 Å². The average Bonchev–Trinajstić information content (AvgIpc) is 2.86. The molecule has 0 saturated heterocycles. The van der Waals surface area contributed by atoms with Crippen LogP contribution in [0, 0.1) is 0 Å². The fourth-order valence-corrected chi connectivity index (χ4v) is 2.05. The maximum absolute atomic E-state index is 10.7. The van der Waals surface area contributed by atoms with E-state index in [1.807, 2.05) is 62.0 Å². The Morgan fingerprint density at radius 3 is 2.50 bits per heavy atom. The van der Waals surface area contributed by atoms with Gasteiger partial charge in [-0.2, -0.15) is 5.10 Å². The summed E-state index contributed by atoms with van der Waals surface area (Å²) in [6, 6.07) is 9.40. The van der Waals surface area contributed by atoms with Crippen LogP contribution in [0.3, 0.4) is 0 Å². The first-order valence-corrected chi connectivity index (χ1v) is 7.32. The Morgan fingerprint density at radius 2 is 1.91 bits per heavy atom. The summed E-state index contributed by atoms with van der Waals surface area (Å²) in [6.45, 7) is 7.40. The third-order valence-electron chi connectivity index (χ3n) is 3.10. The maximum atomic E-state index is 10.7. The van der Waals surface area contributed by atoms with Crippen LogP contribution in [0.15, 0.2) is 36.5 Å².